The fourth-order valence-corrected chi connectivity index (χ4v) is 18.2. The van der Waals surface area contributed by atoms with Crippen molar-refractivity contribution in [1.82, 2.24) is 52.6 Å². The third-order valence-corrected chi connectivity index (χ3v) is 23.0. The Morgan fingerprint density at radius 2 is 0.729 bits per heavy atom. The molecule has 6 aromatic rings. The number of amides is 6. The van der Waals surface area contributed by atoms with Gasteiger partial charge in [0.1, 0.15) is 11.6 Å². The SMILES string of the molecule is CN(C)CCc1nc(S(=O)(=O)NC(=O)Nc2c3c(cc4c2CCC4)CCC3)c2n1CCCO2.CN(C)Cc1nc(S(=O)(=O)NC(=O)Nc2c3c(cc4c2CCC4)CCC3)c2n1CCCO2.CN(C)c1nc(S(=O)(=O)NC(=O)Nc2c3c(cc4c2CCC4)CCC3)c2n1CCCO2. The van der Waals surface area contributed by atoms with Crippen LogP contribution in [0.3, 0.4) is 0 Å². The van der Waals surface area contributed by atoms with Crippen LogP contribution in [0.25, 0.3) is 0 Å². The van der Waals surface area contributed by atoms with Crippen molar-refractivity contribution in [1.29, 1.82) is 0 Å². The summed E-state index contributed by atoms with van der Waals surface area (Å²) in [6.07, 6.45) is 20.7. The summed E-state index contributed by atoms with van der Waals surface area (Å²) in [5.41, 5.74) is 16.9. The molecule has 3 aromatic heterocycles. The van der Waals surface area contributed by atoms with E-state index in [1.165, 1.54) is 33.4 Å². The highest BCUT2D eigenvalue weighted by Gasteiger charge is 2.38. The first-order valence-electron chi connectivity index (χ1n) is 33.7. The van der Waals surface area contributed by atoms with E-state index in [2.05, 4.69) is 63.3 Å². The summed E-state index contributed by atoms with van der Waals surface area (Å²) >= 11 is 0. The molecule has 0 bridgehead atoms. The summed E-state index contributed by atoms with van der Waals surface area (Å²) in [5.74, 6) is 2.33. The second-order valence-corrected chi connectivity index (χ2v) is 31.7. The van der Waals surface area contributed by atoms with E-state index in [-0.39, 0.29) is 32.7 Å². The first-order chi connectivity index (χ1) is 46.0. The number of carbonyl (C=O) groups excluding carboxylic acids is 3. The molecule has 9 aliphatic rings. The molecular weight excluding hydrogens is 1290 g/mol. The second kappa shape index (κ2) is 27.2. The molecule has 3 aliphatic heterocycles. The van der Waals surface area contributed by atoms with Gasteiger partial charge in [0.15, 0.2) is 0 Å². The summed E-state index contributed by atoms with van der Waals surface area (Å²) in [6.45, 7) is 4.36. The number of anilines is 4. The van der Waals surface area contributed by atoms with Gasteiger partial charge in [-0.25, -0.2) is 38.5 Å². The van der Waals surface area contributed by atoms with Crippen LogP contribution in [0.15, 0.2) is 33.3 Å². The number of aryl methyl sites for hydroxylation is 6. The Morgan fingerprint density at radius 1 is 0.417 bits per heavy atom. The number of likely N-dealkylation sites (N-methyl/N-ethyl adjacent to an activating group) is 1. The summed E-state index contributed by atoms with van der Waals surface area (Å²) in [5, 5.41) is 7.92. The predicted molar refractivity (Wildman–Crippen MR) is 360 cm³/mol. The molecule has 0 saturated heterocycles. The minimum absolute atomic E-state index is 0.178. The molecule has 30 heteroatoms. The van der Waals surface area contributed by atoms with Crippen LogP contribution < -0.4 is 49.2 Å². The normalized spacial score (nSPS) is 16.9. The lowest BCUT2D eigenvalue weighted by Crippen LogP contribution is -2.35. The molecule has 0 spiro atoms. The molecule has 15 rings (SSSR count). The minimum atomic E-state index is -4.21. The number of ether oxygens (including phenoxy) is 3. The third kappa shape index (κ3) is 13.5. The van der Waals surface area contributed by atoms with Crippen molar-refractivity contribution in [3.05, 3.63) is 96.6 Å². The van der Waals surface area contributed by atoms with Gasteiger partial charge in [-0.15, -0.1) is 0 Å². The monoisotopic (exact) mass is 1380 g/mol. The molecular formula is C66H87N15O12S3. The Hall–Kier alpha value is -7.93. The highest BCUT2D eigenvalue weighted by molar-refractivity contribution is 7.90. The second-order valence-electron chi connectivity index (χ2n) is 26.9. The number of nitrogens with one attached hydrogen (secondary N) is 6. The number of hydrogen-bond acceptors (Lipinski definition) is 18. The summed E-state index contributed by atoms with van der Waals surface area (Å²) < 4.78 is 108. The smallest absolute Gasteiger partial charge is 0.333 e. The third-order valence-electron chi connectivity index (χ3n) is 19.3. The molecule has 6 heterocycles. The van der Waals surface area contributed by atoms with Crippen LogP contribution >= 0.6 is 0 Å². The van der Waals surface area contributed by atoms with Crippen molar-refractivity contribution in [2.75, 3.05) is 89.5 Å². The van der Waals surface area contributed by atoms with E-state index in [0.717, 1.165) is 192 Å². The first-order valence-corrected chi connectivity index (χ1v) is 38.1. The molecule has 6 N–H and O–H groups in total. The molecule has 0 atom stereocenters. The van der Waals surface area contributed by atoms with E-state index in [1.54, 1.807) is 28.1 Å². The van der Waals surface area contributed by atoms with Crippen molar-refractivity contribution in [3.63, 3.8) is 0 Å². The van der Waals surface area contributed by atoms with Crippen molar-refractivity contribution in [2.24, 2.45) is 0 Å². The molecule has 0 unspecified atom stereocenters. The number of fused-ring (bicyclic) bond motifs is 9. The molecule has 27 nitrogen and oxygen atoms in total. The molecule has 6 aliphatic carbocycles. The van der Waals surface area contributed by atoms with Crippen LogP contribution in [0.1, 0.15) is 136 Å². The minimum Gasteiger partial charge on any atom is -0.477 e. The number of hydrogen-bond donors (Lipinski definition) is 6. The molecule has 96 heavy (non-hydrogen) atoms. The van der Waals surface area contributed by atoms with Crippen LogP contribution in [-0.4, -0.2) is 150 Å². The van der Waals surface area contributed by atoms with E-state index in [9.17, 15) is 39.6 Å². The standard InChI is InChI=1S/C23H31N5O4S.C22H29N5O4S.C21H27N5O4S/c1-27(2)12-10-19-24-21(22-28(19)11-5-13-32-22)33(30,31)26-23(29)25-20-17-8-3-6-15(17)14-16-7-4-9-18(16)20;1-26(2)13-18-23-20(21-27(18)10-5-11-31-21)32(29,30)25-22(28)24-19-16-8-3-6-14(16)12-15-7-4-9-17(15)19;1-25(2)21-23-18(19-26(21)10-5-11-30-19)31(28,29)24-20(27)22-17-15-8-3-6-13(15)12-14-7-4-9-16(14)17/h14H,3-13H2,1-2H3,(H2,25,26,29);12H,3-11,13H2,1-2H3,(H2,24,25,28);12H,3-11H2,1-2H3,(H2,22,24,27). The van der Waals surface area contributed by atoms with Crippen LogP contribution in [0.2, 0.25) is 0 Å². The molecule has 516 valence electrons. The van der Waals surface area contributed by atoms with E-state index in [4.69, 9.17) is 14.2 Å². The number of nitrogens with zero attached hydrogens (tertiary/aromatic N) is 9. The van der Waals surface area contributed by atoms with Crippen LogP contribution in [0.5, 0.6) is 17.6 Å². The van der Waals surface area contributed by atoms with Gasteiger partial charge in [-0.3, -0.25) is 13.7 Å². The van der Waals surface area contributed by atoms with Gasteiger partial charge in [0.2, 0.25) is 38.7 Å². The Morgan fingerprint density at radius 3 is 1.06 bits per heavy atom. The topological polar surface area (TPSA) is 317 Å². The Balaban J connectivity index is 0.000000130. The largest absolute Gasteiger partial charge is 0.477 e. The zero-order chi connectivity index (χ0) is 67.4. The first kappa shape index (κ1) is 66.7. The quantitative estimate of drug-likeness (QED) is 0.0623. The summed E-state index contributed by atoms with van der Waals surface area (Å²) in [6, 6.07) is 4.53. The van der Waals surface area contributed by atoms with Crippen molar-refractivity contribution >= 4 is 71.2 Å². The van der Waals surface area contributed by atoms with Gasteiger partial charge in [-0.2, -0.15) is 30.2 Å². The van der Waals surface area contributed by atoms with Gasteiger partial charge in [0.25, 0.3) is 30.1 Å². The van der Waals surface area contributed by atoms with Crippen molar-refractivity contribution in [3.8, 4) is 17.6 Å². The van der Waals surface area contributed by atoms with Gasteiger partial charge in [-0.05, 0) is 230 Å². The predicted octanol–water partition coefficient (Wildman–Crippen LogP) is 6.69. The average molecular weight is 1380 g/mol. The van der Waals surface area contributed by atoms with E-state index >= 15 is 0 Å². The van der Waals surface area contributed by atoms with Crippen molar-refractivity contribution < 1.29 is 53.8 Å². The average Bonchev–Trinajstić information content (AvgIpc) is 1.60. The number of sulfonamides is 3. The molecule has 0 radical (unpaired) electrons. The number of carbonyl (C=O) groups is 3. The van der Waals surface area contributed by atoms with Gasteiger partial charge in [-0.1, -0.05) is 18.2 Å². The number of imidazole rings is 3. The van der Waals surface area contributed by atoms with Crippen molar-refractivity contribution in [2.45, 2.75) is 183 Å². The Kier molecular flexibility index (Phi) is 18.9. The lowest BCUT2D eigenvalue weighted by Gasteiger charge is -2.20. The lowest BCUT2D eigenvalue weighted by atomic mass is 9.99. The summed E-state index contributed by atoms with van der Waals surface area (Å²) in [7, 11) is -1.34. The Labute approximate surface area is 561 Å². The number of aromatic nitrogens is 6. The Bertz CT molecular complexity index is 4340. The maximum atomic E-state index is 13.2. The van der Waals surface area contributed by atoms with Gasteiger partial charge >= 0.3 is 18.1 Å². The molecule has 0 saturated carbocycles. The van der Waals surface area contributed by atoms with E-state index < -0.39 is 48.2 Å². The molecule has 6 amide bonds. The highest BCUT2D eigenvalue weighted by Crippen LogP contribution is 2.43. The van der Waals surface area contributed by atoms with Crippen LogP contribution in [-0.2, 0) is 140 Å². The zero-order valence-electron chi connectivity index (χ0n) is 55.6. The lowest BCUT2D eigenvalue weighted by molar-refractivity contribution is 0.229. The summed E-state index contributed by atoms with van der Waals surface area (Å²) in [4.78, 5) is 57.3. The van der Waals surface area contributed by atoms with Crippen LogP contribution in [0.4, 0.5) is 37.4 Å². The number of urea groups is 3. The van der Waals surface area contributed by atoms with Gasteiger partial charge in [0.05, 0.1) is 26.4 Å². The fourth-order valence-electron chi connectivity index (χ4n) is 15.2. The molecule has 3 aromatic carbocycles. The van der Waals surface area contributed by atoms with Crippen LogP contribution in [0, 0.1) is 0 Å². The van der Waals surface area contributed by atoms with E-state index in [0.29, 0.717) is 70.0 Å². The van der Waals surface area contributed by atoms with E-state index in [1.807, 2.05) is 42.6 Å². The maximum Gasteiger partial charge on any atom is 0.333 e. The number of rotatable bonds is 15. The van der Waals surface area contributed by atoms with Gasteiger partial charge < -0.3 is 44.9 Å². The highest BCUT2D eigenvalue weighted by atomic mass is 32.2. The number of benzene rings is 3. The zero-order valence-corrected chi connectivity index (χ0v) is 58.0. The maximum absolute atomic E-state index is 13.2. The molecule has 0 fully saturated rings. The van der Waals surface area contributed by atoms with Gasteiger partial charge in [0, 0.05) is 63.8 Å². The fraction of sp³-hybridized carbons (Fsp3) is 0.545.